The predicted molar refractivity (Wildman–Crippen MR) is 91.6 cm³/mol. The van der Waals surface area contributed by atoms with E-state index in [1.807, 2.05) is 37.4 Å². The Morgan fingerprint density at radius 2 is 1.83 bits per heavy atom. The maximum Gasteiger partial charge on any atom is 0.175 e. The fourth-order valence-corrected chi connectivity index (χ4v) is 3.01. The van der Waals surface area contributed by atoms with Gasteiger partial charge in [-0.05, 0) is 54.8 Å². The molecule has 0 fully saturated rings. The van der Waals surface area contributed by atoms with Crippen molar-refractivity contribution in [3.8, 4) is 11.6 Å². The molecule has 0 aliphatic carbocycles. The second-order valence-corrected chi connectivity index (χ2v) is 5.96. The Labute approximate surface area is 140 Å². The summed E-state index contributed by atoms with van der Waals surface area (Å²) in [6, 6.07) is 12.2. The number of benzene rings is 1. The smallest absolute Gasteiger partial charge is 0.175 e. The standard InChI is InChI=1S/C18H19N5O/c1-13-7-10-23(21-13)18-6-5-17(19-20-18)22-9-8-14-3-4-16(24-2)11-15(14)12-22/h3-7,10-11H,8-9,12H2,1-2H3. The van der Waals surface area contributed by atoms with Gasteiger partial charge in [0.2, 0.25) is 0 Å². The molecule has 2 aromatic heterocycles. The zero-order valence-corrected chi connectivity index (χ0v) is 13.8. The van der Waals surface area contributed by atoms with E-state index >= 15 is 0 Å². The first-order chi connectivity index (χ1) is 11.7. The van der Waals surface area contributed by atoms with Crippen LogP contribution in [-0.2, 0) is 13.0 Å². The quantitative estimate of drug-likeness (QED) is 0.742. The van der Waals surface area contributed by atoms with Crippen molar-refractivity contribution >= 4 is 5.82 Å². The van der Waals surface area contributed by atoms with Crippen LogP contribution in [0.3, 0.4) is 0 Å². The lowest BCUT2D eigenvalue weighted by molar-refractivity contribution is 0.413. The molecule has 0 unspecified atom stereocenters. The zero-order valence-electron chi connectivity index (χ0n) is 13.8. The molecule has 24 heavy (non-hydrogen) atoms. The van der Waals surface area contributed by atoms with E-state index in [0.29, 0.717) is 0 Å². The summed E-state index contributed by atoms with van der Waals surface area (Å²) in [5.74, 6) is 2.51. The Kier molecular flexibility index (Phi) is 3.65. The molecule has 0 spiro atoms. The van der Waals surface area contributed by atoms with Crippen LogP contribution < -0.4 is 9.64 Å². The van der Waals surface area contributed by atoms with Gasteiger partial charge in [0.1, 0.15) is 5.75 Å². The van der Waals surface area contributed by atoms with E-state index in [4.69, 9.17) is 4.74 Å². The molecule has 3 aromatic rings. The monoisotopic (exact) mass is 321 g/mol. The summed E-state index contributed by atoms with van der Waals surface area (Å²) in [5.41, 5.74) is 3.63. The molecule has 1 aromatic carbocycles. The summed E-state index contributed by atoms with van der Waals surface area (Å²) in [7, 11) is 1.70. The summed E-state index contributed by atoms with van der Waals surface area (Å²) in [6.45, 7) is 3.72. The Balaban J connectivity index is 1.56. The summed E-state index contributed by atoms with van der Waals surface area (Å²) in [6.07, 6.45) is 2.89. The van der Waals surface area contributed by atoms with Crippen LogP contribution in [0.1, 0.15) is 16.8 Å². The zero-order chi connectivity index (χ0) is 16.5. The number of rotatable bonds is 3. The van der Waals surface area contributed by atoms with Crippen molar-refractivity contribution in [1.29, 1.82) is 0 Å². The molecule has 4 rings (SSSR count). The lowest BCUT2D eigenvalue weighted by Gasteiger charge is -2.29. The van der Waals surface area contributed by atoms with Crippen LogP contribution in [-0.4, -0.2) is 33.6 Å². The van der Waals surface area contributed by atoms with E-state index in [1.165, 1.54) is 11.1 Å². The van der Waals surface area contributed by atoms with Gasteiger partial charge in [-0.3, -0.25) is 0 Å². The van der Waals surface area contributed by atoms with Crippen molar-refractivity contribution in [2.75, 3.05) is 18.6 Å². The van der Waals surface area contributed by atoms with Crippen molar-refractivity contribution in [3.63, 3.8) is 0 Å². The van der Waals surface area contributed by atoms with Crippen molar-refractivity contribution in [3.05, 3.63) is 59.4 Å². The average molecular weight is 321 g/mol. The van der Waals surface area contributed by atoms with Gasteiger partial charge < -0.3 is 9.64 Å². The first-order valence-corrected chi connectivity index (χ1v) is 8.00. The average Bonchev–Trinajstić information content (AvgIpc) is 3.07. The summed E-state index contributed by atoms with van der Waals surface area (Å²) >= 11 is 0. The third-order valence-electron chi connectivity index (χ3n) is 4.34. The minimum atomic E-state index is 0.728. The van der Waals surface area contributed by atoms with Gasteiger partial charge in [-0.25, -0.2) is 4.68 Å². The first kappa shape index (κ1) is 14.7. The lowest BCUT2D eigenvalue weighted by Crippen LogP contribution is -2.31. The third kappa shape index (κ3) is 2.71. The Morgan fingerprint density at radius 1 is 1.00 bits per heavy atom. The van der Waals surface area contributed by atoms with Gasteiger partial charge in [-0.15, -0.1) is 10.2 Å². The molecule has 1 aliphatic rings. The third-order valence-corrected chi connectivity index (χ3v) is 4.34. The summed E-state index contributed by atoms with van der Waals surface area (Å²) < 4.78 is 7.07. The van der Waals surface area contributed by atoms with E-state index in [0.717, 1.165) is 42.6 Å². The minimum Gasteiger partial charge on any atom is -0.497 e. The van der Waals surface area contributed by atoms with Gasteiger partial charge in [-0.1, -0.05) is 6.07 Å². The fraction of sp³-hybridized carbons (Fsp3) is 0.278. The number of fused-ring (bicyclic) bond motifs is 1. The number of hydrogen-bond acceptors (Lipinski definition) is 5. The highest BCUT2D eigenvalue weighted by Gasteiger charge is 2.18. The Morgan fingerprint density at radius 3 is 2.54 bits per heavy atom. The second-order valence-electron chi connectivity index (χ2n) is 5.96. The van der Waals surface area contributed by atoms with E-state index in [2.05, 4.69) is 32.3 Å². The van der Waals surface area contributed by atoms with Crippen LogP contribution in [0.4, 0.5) is 5.82 Å². The maximum atomic E-state index is 5.33. The van der Waals surface area contributed by atoms with Gasteiger partial charge in [0, 0.05) is 19.3 Å². The molecule has 1 aliphatic heterocycles. The molecule has 0 atom stereocenters. The molecule has 0 saturated heterocycles. The molecule has 0 bridgehead atoms. The molecule has 0 amide bonds. The highest BCUT2D eigenvalue weighted by atomic mass is 16.5. The molecular formula is C18H19N5O. The number of nitrogens with zero attached hydrogens (tertiary/aromatic N) is 5. The number of anilines is 1. The Bertz CT molecular complexity index is 856. The van der Waals surface area contributed by atoms with Crippen LogP contribution in [0.15, 0.2) is 42.6 Å². The Hall–Kier alpha value is -2.89. The van der Waals surface area contributed by atoms with Gasteiger partial charge in [0.15, 0.2) is 11.6 Å². The maximum absolute atomic E-state index is 5.33. The molecule has 0 N–H and O–H groups in total. The molecule has 122 valence electrons. The minimum absolute atomic E-state index is 0.728. The van der Waals surface area contributed by atoms with Crippen molar-refractivity contribution in [2.24, 2.45) is 0 Å². The van der Waals surface area contributed by atoms with E-state index in [-0.39, 0.29) is 0 Å². The number of aryl methyl sites for hydroxylation is 1. The number of aromatic nitrogens is 4. The summed E-state index contributed by atoms with van der Waals surface area (Å²) in [5, 5.41) is 13.1. The predicted octanol–water partition coefficient (Wildman–Crippen LogP) is 2.54. The van der Waals surface area contributed by atoms with Crippen molar-refractivity contribution < 1.29 is 4.74 Å². The van der Waals surface area contributed by atoms with Crippen LogP contribution in [0.25, 0.3) is 5.82 Å². The topological polar surface area (TPSA) is 56.1 Å². The molecule has 0 radical (unpaired) electrons. The van der Waals surface area contributed by atoms with Crippen LogP contribution in [0.5, 0.6) is 5.75 Å². The SMILES string of the molecule is COc1ccc2c(c1)CN(c1ccc(-n3ccc(C)n3)nn1)CC2. The van der Waals surface area contributed by atoms with Gasteiger partial charge in [0.25, 0.3) is 0 Å². The second kappa shape index (κ2) is 5.96. The van der Waals surface area contributed by atoms with E-state index < -0.39 is 0 Å². The van der Waals surface area contributed by atoms with Gasteiger partial charge in [-0.2, -0.15) is 5.10 Å². The highest BCUT2D eigenvalue weighted by molar-refractivity contribution is 5.46. The van der Waals surface area contributed by atoms with Crippen molar-refractivity contribution in [1.82, 2.24) is 20.0 Å². The first-order valence-electron chi connectivity index (χ1n) is 8.00. The highest BCUT2D eigenvalue weighted by Crippen LogP contribution is 2.26. The molecular weight excluding hydrogens is 302 g/mol. The van der Waals surface area contributed by atoms with Crippen LogP contribution >= 0.6 is 0 Å². The number of ether oxygens (including phenoxy) is 1. The molecule has 3 heterocycles. The van der Waals surface area contributed by atoms with Gasteiger partial charge in [0.05, 0.1) is 12.8 Å². The van der Waals surface area contributed by atoms with E-state index in [9.17, 15) is 0 Å². The van der Waals surface area contributed by atoms with Gasteiger partial charge >= 0.3 is 0 Å². The fourth-order valence-electron chi connectivity index (χ4n) is 3.01. The number of hydrogen-bond donors (Lipinski definition) is 0. The normalized spacial score (nSPS) is 13.7. The molecule has 6 nitrogen and oxygen atoms in total. The largest absolute Gasteiger partial charge is 0.497 e. The number of methoxy groups -OCH3 is 1. The van der Waals surface area contributed by atoms with Crippen LogP contribution in [0, 0.1) is 6.92 Å². The molecule has 0 saturated carbocycles. The van der Waals surface area contributed by atoms with Crippen molar-refractivity contribution in [2.45, 2.75) is 19.9 Å². The molecule has 6 heteroatoms. The summed E-state index contributed by atoms with van der Waals surface area (Å²) in [4.78, 5) is 2.24. The van der Waals surface area contributed by atoms with Crippen LogP contribution in [0.2, 0.25) is 0 Å². The van der Waals surface area contributed by atoms with E-state index in [1.54, 1.807) is 11.8 Å². The lowest BCUT2D eigenvalue weighted by atomic mass is 9.99.